The second kappa shape index (κ2) is 7.05. The molecule has 2 atom stereocenters. The number of anilines is 1. The molecular weight excluding hydrogens is 344 g/mol. The fourth-order valence-corrected chi connectivity index (χ4v) is 3.69. The Morgan fingerprint density at radius 1 is 1.36 bits per heavy atom. The van der Waals surface area contributed by atoms with Crippen LogP contribution in [0.15, 0.2) is 23.1 Å². The van der Waals surface area contributed by atoms with Crippen LogP contribution in [-0.2, 0) is 19.1 Å². The molecule has 0 fully saturated rings. The number of amides is 1. The van der Waals surface area contributed by atoms with E-state index in [1.807, 2.05) is 13.0 Å². The van der Waals surface area contributed by atoms with Crippen LogP contribution in [0.5, 0.6) is 0 Å². The third kappa shape index (κ3) is 4.52. The molecule has 0 spiro atoms. The zero-order chi connectivity index (χ0) is 18.9. The summed E-state index contributed by atoms with van der Waals surface area (Å²) in [5, 5.41) is 8.31. The van der Waals surface area contributed by atoms with Gasteiger partial charge in [-0.1, -0.05) is 6.07 Å². The molecule has 0 saturated heterocycles. The Bertz CT molecular complexity index is 713. The number of aliphatic carboxylic acids is 1. The molecule has 1 heterocycles. The van der Waals surface area contributed by atoms with Gasteiger partial charge < -0.3 is 15.6 Å². The monoisotopic (exact) mass is 366 g/mol. The van der Waals surface area contributed by atoms with E-state index in [9.17, 15) is 19.5 Å². The predicted octanol–water partition coefficient (Wildman–Crippen LogP) is 1.76. The number of carboxylic acid groups (broad SMARTS) is 1. The van der Waals surface area contributed by atoms with Gasteiger partial charge in [0.15, 0.2) is 5.92 Å². The predicted molar refractivity (Wildman–Crippen MR) is 94.3 cm³/mol. The van der Waals surface area contributed by atoms with Crippen LogP contribution >= 0.6 is 11.8 Å². The lowest BCUT2D eigenvalue weighted by molar-refractivity contribution is -0.162. The highest BCUT2D eigenvalue weighted by Crippen LogP contribution is 2.39. The molecule has 1 amide bonds. The number of benzene rings is 1. The molecule has 2 rings (SSSR count). The highest BCUT2D eigenvalue weighted by atomic mass is 32.2. The smallest absolute Gasteiger partial charge is 0.323 e. The molecular formula is C17H22N2O5S. The van der Waals surface area contributed by atoms with Crippen molar-refractivity contribution in [2.24, 2.45) is 11.7 Å². The maximum atomic E-state index is 12.9. The van der Waals surface area contributed by atoms with Crippen molar-refractivity contribution in [2.45, 2.75) is 43.6 Å². The van der Waals surface area contributed by atoms with Gasteiger partial charge in [-0.3, -0.25) is 19.3 Å². The highest BCUT2D eigenvalue weighted by molar-refractivity contribution is 8.00. The number of esters is 1. The van der Waals surface area contributed by atoms with Crippen molar-refractivity contribution in [3.8, 4) is 0 Å². The van der Waals surface area contributed by atoms with Crippen molar-refractivity contribution in [3.63, 3.8) is 0 Å². The number of carbonyl (C=O) groups is 3. The van der Waals surface area contributed by atoms with Gasteiger partial charge in [0.1, 0.15) is 12.1 Å². The normalized spacial score (nSPS) is 20.7. The van der Waals surface area contributed by atoms with Crippen LogP contribution in [0.4, 0.5) is 5.69 Å². The number of carboxylic acids is 1. The Balaban J connectivity index is 2.48. The number of ether oxygens (including phenoxy) is 1. The van der Waals surface area contributed by atoms with E-state index in [0.29, 0.717) is 10.6 Å². The first-order valence-corrected chi connectivity index (χ1v) is 8.66. The molecule has 1 aromatic carbocycles. The average Bonchev–Trinajstić information content (AvgIpc) is 2.51. The molecule has 0 aliphatic carbocycles. The zero-order valence-electron chi connectivity index (χ0n) is 14.6. The minimum atomic E-state index is -1.28. The van der Waals surface area contributed by atoms with E-state index in [2.05, 4.69) is 0 Å². The summed E-state index contributed by atoms with van der Waals surface area (Å²) in [6.07, 6.45) is 0. The van der Waals surface area contributed by atoms with Crippen molar-refractivity contribution >= 4 is 35.3 Å². The van der Waals surface area contributed by atoms with Crippen molar-refractivity contribution in [1.82, 2.24) is 0 Å². The molecule has 136 valence electrons. The van der Waals surface area contributed by atoms with Crippen LogP contribution in [0.3, 0.4) is 0 Å². The molecule has 0 saturated carbocycles. The molecule has 0 bridgehead atoms. The Kier molecular flexibility index (Phi) is 5.43. The Labute approximate surface area is 150 Å². The quantitative estimate of drug-likeness (QED) is 0.619. The second-order valence-electron chi connectivity index (χ2n) is 6.88. The average molecular weight is 366 g/mol. The number of aryl methyl sites for hydroxylation is 1. The molecule has 0 radical (unpaired) electrons. The van der Waals surface area contributed by atoms with E-state index in [1.165, 1.54) is 11.8 Å². The van der Waals surface area contributed by atoms with Gasteiger partial charge in [0.05, 0.1) is 11.1 Å². The molecule has 3 N–H and O–H groups in total. The van der Waals surface area contributed by atoms with Gasteiger partial charge in [-0.05, 0) is 45.4 Å². The number of rotatable bonds is 3. The van der Waals surface area contributed by atoms with Gasteiger partial charge >= 0.3 is 11.9 Å². The Hall–Kier alpha value is -2.06. The Morgan fingerprint density at radius 3 is 2.56 bits per heavy atom. The van der Waals surface area contributed by atoms with E-state index in [-0.39, 0.29) is 0 Å². The van der Waals surface area contributed by atoms with Gasteiger partial charge in [0.25, 0.3) is 0 Å². The topological polar surface area (TPSA) is 110 Å². The number of nitrogens with zero attached hydrogens (tertiary/aromatic N) is 1. The minimum Gasteiger partial charge on any atom is -0.480 e. The van der Waals surface area contributed by atoms with Crippen LogP contribution < -0.4 is 10.6 Å². The second-order valence-corrected chi connectivity index (χ2v) is 8.10. The lowest BCUT2D eigenvalue weighted by Gasteiger charge is -2.27. The zero-order valence-corrected chi connectivity index (χ0v) is 15.4. The van der Waals surface area contributed by atoms with Gasteiger partial charge in [0.2, 0.25) is 5.91 Å². The third-order valence-electron chi connectivity index (χ3n) is 3.48. The molecule has 1 aliphatic heterocycles. The van der Waals surface area contributed by atoms with Gasteiger partial charge in [-0.25, -0.2) is 0 Å². The summed E-state index contributed by atoms with van der Waals surface area (Å²) < 4.78 is 5.32. The van der Waals surface area contributed by atoms with Crippen LogP contribution in [0, 0.1) is 12.8 Å². The lowest BCUT2D eigenvalue weighted by Crippen LogP contribution is -2.48. The number of fused-ring (bicyclic) bond motifs is 1. The highest BCUT2D eigenvalue weighted by Gasteiger charge is 2.43. The molecule has 7 nitrogen and oxygen atoms in total. The van der Waals surface area contributed by atoms with Crippen LogP contribution in [0.1, 0.15) is 26.3 Å². The van der Waals surface area contributed by atoms with Crippen LogP contribution in [0.2, 0.25) is 0 Å². The third-order valence-corrected chi connectivity index (χ3v) is 4.61. The standard InChI is InChI=1S/C17H22N2O5S/c1-9-5-6-10-11(7-9)25-14(18)13(16(23)24-17(2,3)4)15(22)19(10)8-12(20)21/h5-7,13-14H,8,18H2,1-4H3,(H,20,21)/t13?,14-/m0/s1. The number of thioether (sulfide) groups is 1. The summed E-state index contributed by atoms with van der Waals surface area (Å²) in [4.78, 5) is 38.5. The van der Waals surface area contributed by atoms with Gasteiger partial charge in [-0.15, -0.1) is 11.8 Å². The SMILES string of the molecule is Cc1ccc2c(c1)S[C@H](N)C(C(=O)OC(C)(C)C)C(=O)N2CC(=O)O. The van der Waals surface area contributed by atoms with E-state index < -0.39 is 41.3 Å². The summed E-state index contributed by atoms with van der Waals surface area (Å²) in [7, 11) is 0. The minimum absolute atomic E-state index is 0.435. The van der Waals surface area contributed by atoms with Gasteiger partial charge in [0, 0.05) is 4.90 Å². The Morgan fingerprint density at radius 2 is 2.00 bits per heavy atom. The fourth-order valence-electron chi connectivity index (χ4n) is 2.48. The van der Waals surface area contributed by atoms with E-state index in [1.54, 1.807) is 32.9 Å². The fraction of sp³-hybridized carbons (Fsp3) is 0.471. The first-order valence-electron chi connectivity index (χ1n) is 7.78. The number of nitrogens with two attached hydrogens (primary N) is 1. The van der Waals surface area contributed by atoms with Gasteiger partial charge in [-0.2, -0.15) is 0 Å². The maximum absolute atomic E-state index is 12.9. The number of hydrogen-bond acceptors (Lipinski definition) is 6. The van der Waals surface area contributed by atoms with Crippen LogP contribution in [0.25, 0.3) is 0 Å². The molecule has 25 heavy (non-hydrogen) atoms. The summed E-state index contributed by atoms with van der Waals surface area (Å²) in [5.41, 5.74) is 6.71. The van der Waals surface area contributed by atoms with Crippen LogP contribution in [-0.4, -0.2) is 40.5 Å². The van der Waals surface area contributed by atoms with Crippen molar-refractivity contribution in [1.29, 1.82) is 0 Å². The summed E-state index contributed by atoms with van der Waals surface area (Å²) >= 11 is 1.17. The van der Waals surface area contributed by atoms with E-state index in [4.69, 9.17) is 10.5 Å². The maximum Gasteiger partial charge on any atom is 0.323 e. The molecule has 0 aromatic heterocycles. The summed E-state index contributed by atoms with van der Waals surface area (Å²) in [6.45, 7) is 6.40. The first kappa shape index (κ1) is 19.3. The summed E-state index contributed by atoms with van der Waals surface area (Å²) in [5.74, 6) is -3.88. The molecule has 1 aromatic rings. The van der Waals surface area contributed by atoms with Crippen molar-refractivity contribution in [2.75, 3.05) is 11.4 Å². The lowest BCUT2D eigenvalue weighted by atomic mass is 10.1. The van der Waals surface area contributed by atoms with E-state index >= 15 is 0 Å². The molecule has 1 aliphatic rings. The number of carbonyl (C=O) groups excluding carboxylic acids is 2. The molecule has 8 heteroatoms. The van der Waals surface area contributed by atoms with Crippen molar-refractivity contribution in [3.05, 3.63) is 23.8 Å². The first-order chi connectivity index (χ1) is 11.5. The largest absolute Gasteiger partial charge is 0.480 e. The van der Waals surface area contributed by atoms with Crippen molar-refractivity contribution < 1.29 is 24.2 Å². The summed E-state index contributed by atoms with van der Waals surface area (Å²) in [6, 6.07) is 5.27. The number of hydrogen-bond donors (Lipinski definition) is 2. The van der Waals surface area contributed by atoms with E-state index in [0.717, 1.165) is 10.5 Å². The molecule has 1 unspecified atom stereocenters.